The minimum Gasteiger partial charge on any atom is -0.534 e. The highest BCUT2D eigenvalue weighted by molar-refractivity contribution is 6.47. The molecule has 0 radical (unpaired) electrons. The molecule has 1 atom stereocenters. The molecular weight excluding hydrogens is 373 g/mol. The van der Waals surface area contributed by atoms with Crippen molar-refractivity contribution in [3.8, 4) is 5.75 Å². The van der Waals surface area contributed by atoms with Gasteiger partial charge in [0.15, 0.2) is 0 Å². The van der Waals surface area contributed by atoms with Crippen LogP contribution in [0.3, 0.4) is 0 Å². The molecule has 8 nitrogen and oxygen atoms in total. The zero-order valence-electron chi connectivity index (χ0n) is 16.8. The summed E-state index contributed by atoms with van der Waals surface area (Å²) in [5.41, 5.74) is 6.31. The number of amides is 1. The van der Waals surface area contributed by atoms with E-state index in [0.29, 0.717) is 36.9 Å². The Hall–Kier alpha value is -2.10. The Balaban J connectivity index is 1.52. The number of hydrogen-bond acceptors (Lipinski definition) is 6. The topological polar surface area (TPSA) is 125 Å². The predicted octanol–water partition coefficient (Wildman–Crippen LogP) is 0.664. The number of carbonyl (C=O) groups excluding carboxylic acids is 1. The molecule has 1 heterocycles. The lowest BCUT2D eigenvalue weighted by atomic mass is 9.72. The third-order valence-corrected chi connectivity index (χ3v) is 6.09. The number of carbonyl (C=O) groups is 2. The highest BCUT2D eigenvalue weighted by Crippen LogP contribution is 2.31. The van der Waals surface area contributed by atoms with Crippen LogP contribution in [0.15, 0.2) is 18.2 Å². The summed E-state index contributed by atoms with van der Waals surface area (Å²) in [6.45, 7) is 1.54. The Morgan fingerprint density at radius 3 is 2.69 bits per heavy atom. The summed E-state index contributed by atoms with van der Waals surface area (Å²) in [5, 5.41) is 22.4. The fourth-order valence-corrected chi connectivity index (χ4v) is 4.42. The predicted molar refractivity (Wildman–Crippen MR) is 110 cm³/mol. The summed E-state index contributed by atoms with van der Waals surface area (Å²) in [6, 6.07) is 5.37. The number of nitrogens with two attached hydrogens (primary N) is 1. The minimum atomic E-state index is -1.27. The minimum absolute atomic E-state index is 0.0164. The van der Waals surface area contributed by atoms with E-state index in [2.05, 4.69) is 17.3 Å². The number of hydrogen-bond donors (Lipinski definition) is 4. The van der Waals surface area contributed by atoms with Gasteiger partial charge in [-0.15, -0.1) is 0 Å². The van der Waals surface area contributed by atoms with E-state index in [1.54, 1.807) is 12.1 Å². The molecule has 0 saturated heterocycles. The van der Waals surface area contributed by atoms with Crippen molar-refractivity contribution in [2.75, 3.05) is 20.1 Å². The molecule has 1 aliphatic carbocycles. The number of benzene rings is 1. The molecule has 1 aromatic carbocycles. The van der Waals surface area contributed by atoms with Gasteiger partial charge < -0.3 is 30.7 Å². The van der Waals surface area contributed by atoms with E-state index in [1.165, 1.54) is 6.07 Å². The van der Waals surface area contributed by atoms with Crippen molar-refractivity contribution in [2.45, 2.75) is 50.5 Å². The Bertz CT molecular complexity index is 739. The molecule has 1 aliphatic heterocycles. The molecule has 1 aromatic rings. The SMILES string of the molecule is CN(CCN)C1CCC(CC(=O)NC2Cc3cccc(C(=O)O)c3OB2O)CC1. The highest BCUT2D eigenvalue weighted by atomic mass is 16.5. The molecule has 9 heteroatoms. The normalized spacial score (nSPS) is 24.0. The third kappa shape index (κ3) is 5.29. The van der Waals surface area contributed by atoms with E-state index in [-0.39, 0.29) is 17.2 Å². The van der Waals surface area contributed by atoms with E-state index in [1.807, 2.05) is 0 Å². The van der Waals surface area contributed by atoms with E-state index in [9.17, 15) is 19.7 Å². The van der Waals surface area contributed by atoms with Gasteiger partial charge in [0.05, 0.1) is 11.5 Å². The first-order chi connectivity index (χ1) is 13.9. The van der Waals surface area contributed by atoms with Gasteiger partial charge >= 0.3 is 13.1 Å². The van der Waals surface area contributed by atoms with Crippen molar-refractivity contribution in [1.29, 1.82) is 0 Å². The maximum absolute atomic E-state index is 12.5. The van der Waals surface area contributed by atoms with Gasteiger partial charge in [-0.3, -0.25) is 4.79 Å². The van der Waals surface area contributed by atoms with Gasteiger partial charge in [-0.1, -0.05) is 12.1 Å². The Morgan fingerprint density at radius 2 is 2.03 bits per heavy atom. The van der Waals surface area contributed by atoms with Crippen LogP contribution < -0.4 is 15.7 Å². The van der Waals surface area contributed by atoms with Crippen LogP contribution >= 0.6 is 0 Å². The molecule has 2 aliphatic rings. The van der Waals surface area contributed by atoms with Gasteiger partial charge in [0.25, 0.3) is 0 Å². The number of rotatable bonds is 7. The number of nitrogens with one attached hydrogen (secondary N) is 1. The Labute approximate surface area is 171 Å². The second-order valence-electron chi connectivity index (χ2n) is 8.13. The summed E-state index contributed by atoms with van der Waals surface area (Å²) in [4.78, 5) is 26.2. The summed E-state index contributed by atoms with van der Waals surface area (Å²) < 4.78 is 5.44. The van der Waals surface area contributed by atoms with E-state index in [4.69, 9.17) is 10.4 Å². The summed E-state index contributed by atoms with van der Waals surface area (Å²) in [7, 11) is 0.829. The summed E-state index contributed by atoms with van der Waals surface area (Å²) in [5.74, 6) is -1.28. The Morgan fingerprint density at radius 1 is 1.31 bits per heavy atom. The highest BCUT2D eigenvalue weighted by Gasteiger charge is 2.38. The monoisotopic (exact) mass is 403 g/mol. The fourth-order valence-electron chi connectivity index (χ4n) is 4.42. The van der Waals surface area contributed by atoms with Crippen molar-refractivity contribution < 1.29 is 24.4 Å². The number of para-hydroxylation sites is 1. The lowest BCUT2D eigenvalue weighted by molar-refractivity contribution is -0.122. The molecule has 3 rings (SSSR count). The largest absolute Gasteiger partial charge is 0.547 e. The number of carboxylic acid groups (broad SMARTS) is 1. The third-order valence-electron chi connectivity index (χ3n) is 6.09. The molecule has 158 valence electrons. The zero-order chi connectivity index (χ0) is 21.0. The molecule has 1 unspecified atom stereocenters. The van der Waals surface area contributed by atoms with Crippen LogP contribution in [0, 0.1) is 5.92 Å². The van der Waals surface area contributed by atoms with Gasteiger partial charge in [0.1, 0.15) is 5.75 Å². The molecule has 0 bridgehead atoms. The summed E-state index contributed by atoms with van der Waals surface area (Å²) >= 11 is 0. The number of carboxylic acids is 1. The zero-order valence-corrected chi connectivity index (χ0v) is 16.8. The number of nitrogens with zero attached hydrogens (tertiary/aromatic N) is 1. The van der Waals surface area contributed by atoms with Crippen LogP contribution in [0.1, 0.15) is 48.0 Å². The van der Waals surface area contributed by atoms with Crippen LogP contribution in [0.2, 0.25) is 0 Å². The van der Waals surface area contributed by atoms with Crippen LogP contribution in [-0.4, -0.2) is 66.1 Å². The van der Waals surface area contributed by atoms with Gasteiger partial charge in [0, 0.05) is 25.6 Å². The van der Waals surface area contributed by atoms with Crippen LogP contribution in [-0.2, 0) is 11.2 Å². The lowest BCUT2D eigenvalue weighted by Crippen LogP contribution is -2.53. The maximum Gasteiger partial charge on any atom is 0.547 e. The Kier molecular flexibility index (Phi) is 7.16. The van der Waals surface area contributed by atoms with Crippen molar-refractivity contribution in [3.05, 3.63) is 29.3 Å². The number of fused-ring (bicyclic) bond motifs is 1. The first kappa shape index (κ1) is 21.6. The second-order valence-corrected chi connectivity index (χ2v) is 8.13. The first-order valence-electron chi connectivity index (χ1n) is 10.3. The van der Waals surface area contributed by atoms with Gasteiger partial charge in [-0.2, -0.15) is 0 Å². The molecule has 0 aromatic heterocycles. The molecule has 1 amide bonds. The molecule has 0 spiro atoms. The molecule has 1 fully saturated rings. The first-order valence-corrected chi connectivity index (χ1v) is 10.3. The molecule has 29 heavy (non-hydrogen) atoms. The average molecular weight is 403 g/mol. The van der Waals surface area contributed by atoms with Crippen molar-refractivity contribution in [2.24, 2.45) is 11.7 Å². The average Bonchev–Trinajstić information content (AvgIpc) is 2.68. The standard InChI is InChI=1S/C20H30BN3O5/c1-24(10-9-22)15-7-5-13(6-8-15)11-18(25)23-17-12-14-3-2-4-16(20(26)27)19(14)29-21(17)28/h2-4,13,15,17,28H,5-12,22H2,1H3,(H,23,25)(H,26,27). The second kappa shape index (κ2) is 9.60. The maximum atomic E-state index is 12.5. The van der Waals surface area contributed by atoms with Gasteiger partial charge in [-0.25, -0.2) is 4.79 Å². The smallest absolute Gasteiger partial charge is 0.534 e. The van der Waals surface area contributed by atoms with E-state index >= 15 is 0 Å². The number of likely N-dealkylation sites (N-methyl/N-ethyl adjacent to an activating group) is 1. The molecule has 1 saturated carbocycles. The fraction of sp³-hybridized carbons (Fsp3) is 0.600. The van der Waals surface area contributed by atoms with Crippen LogP contribution in [0.25, 0.3) is 0 Å². The van der Waals surface area contributed by atoms with Gasteiger partial charge in [-0.05, 0) is 56.7 Å². The van der Waals surface area contributed by atoms with E-state index in [0.717, 1.165) is 32.2 Å². The quantitative estimate of drug-likeness (QED) is 0.493. The lowest BCUT2D eigenvalue weighted by Gasteiger charge is -2.34. The van der Waals surface area contributed by atoms with Crippen LogP contribution in [0.5, 0.6) is 5.75 Å². The summed E-state index contributed by atoms with van der Waals surface area (Å²) in [6.07, 6.45) is 4.89. The molecular formula is C20H30BN3O5. The number of aromatic carboxylic acids is 1. The van der Waals surface area contributed by atoms with Gasteiger partial charge in [0.2, 0.25) is 5.91 Å². The van der Waals surface area contributed by atoms with Crippen molar-refractivity contribution in [3.63, 3.8) is 0 Å². The van der Waals surface area contributed by atoms with E-state index < -0.39 is 19.0 Å². The van der Waals surface area contributed by atoms with Crippen molar-refractivity contribution in [1.82, 2.24) is 10.2 Å². The van der Waals surface area contributed by atoms with Crippen molar-refractivity contribution >= 4 is 19.0 Å². The molecule has 5 N–H and O–H groups in total. The van der Waals surface area contributed by atoms with Crippen LogP contribution in [0.4, 0.5) is 0 Å².